The minimum absolute atomic E-state index is 0.0109. The van der Waals surface area contributed by atoms with Crippen molar-refractivity contribution in [1.82, 2.24) is 4.98 Å². The molecule has 7 nitrogen and oxygen atoms in total. The van der Waals surface area contributed by atoms with Gasteiger partial charge in [0.25, 0.3) is 5.78 Å². The molecule has 38 heavy (non-hydrogen) atoms. The Kier molecular flexibility index (Phi) is 7.15. The van der Waals surface area contributed by atoms with Gasteiger partial charge in [-0.15, -0.1) is 0 Å². The molecule has 0 radical (unpaired) electrons. The average molecular weight is 529 g/mol. The van der Waals surface area contributed by atoms with Crippen molar-refractivity contribution in [2.75, 3.05) is 18.1 Å². The van der Waals surface area contributed by atoms with E-state index in [-0.39, 0.29) is 11.3 Å². The largest absolute Gasteiger partial charge is 0.507 e. The van der Waals surface area contributed by atoms with Gasteiger partial charge in [0.2, 0.25) is 0 Å². The fraction of sp³-hybridized carbons (Fsp3) is 0.233. The maximum atomic E-state index is 13.5. The lowest BCUT2D eigenvalue weighted by molar-refractivity contribution is -0.132. The second-order valence-electron chi connectivity index (χ2n) is 9.01. The quantitative estimate of drug-likeness (QED) is 0.161. The Hall–Kier alpha value is -4.17. The van der Waals surface area contributed by atoms with Crippen molar-refractivity contribution in [1.29, 1.82) is 0 Å². The number of benzene rings is 3. The molecule has 3 aromatic carbocycles. The summed E-state index contributed by atoms with van der Waals surface area (Å²) in [5.74, 6) is -0.404. The van der Waals surface area contributed by atoms with Gasteiger partial charge in [0.15, 0.2) is 5.13 Å². The Balaban J connectivity index is 1.63. The molecule has 8 heteroatoms. The van der Waals surface area contributed by atoms with Crippen molar-refractivity contribution < 1.29 is 24.2 Å². The number of ether oxygens (including phenoxy) is 2. The van der Waals surface area contributed by atoms with Crippen LogP contribution in [-0.2, 0) is 9.59 Å². The number of aryl methyl sites for hydroxylation is 1. The number of Topliss-reactive ketones (excluding diaryl/α,β-unsaturated/α-hetero) is 1. The van der Waals surface area contributed by atoms with Crippen molar-refractivity contribution in [2.24, 2.45) is 0 Å². The summed E-state index contributed by atoms with van der Waals surface area (Å²) in [5.41, 5.74) is 2.90. The maximum absolute atomic E-state index is 13.5. The first kappa shape index (κ1) is 25.5. The first-order chi connectivity index (χ1) is 18.4. The van der Waals surface area contributed by atoms with E-state index in [1.807, 2.05) is 39.0 Å². The molecule has 4 aromatic rings. The molecule has 1 aliphatic rings. The van der Waals surface area contributed by atoms with Crippen LogP contribution in [0.4, 0.5) is 5.13 Å². The molecule has 1 amide bonds. The van der Waals surface area contributed by atoms with Crippen LogP contribution < -0.4 is 14.4 Å². The van der Waals surface area contributed by atoms with Crippen molar-refractivity contribution >= 4 is 44.1 Å². The van der Waals surface area contributed by atoms with Crippen molar-refractivity contribution in [3.05, 3.63) is 89.0 Å². The third-order valence-electron chi connectivity index (χ3n) is 6.29. The highest BCUT2D eigenvalue weighted by Gasteiger charge is 2.48. The Bertz CT molecular complexity index is 1520. The fourth-order valence-electron chi connectivity index (χ4n) is 4.47. The Morgan fingerprint density at radius 2 is 1.66 bits per heavy atom. The van der Waals surface area contributed by atoms with Gasteiger partial charge in [0.1, 0.15) is 17.3 Å². The molecule has 0 spiro atoms. The van der Waals surface area contributed by atoms with Gasteiger partial charge < -0.3 is 14.6 Å². The molecule has 1 aliphatic heterocycles. The maximum Gasteiger partial charge on any atom is 0.301 e. The molecule has 0 saturated carbocycles. The van der Waals surface area contributed by atoms with Crippen LogP contribution in [0.25, 0.3) is 16.0 Å². The van der Waals surface area contributed by atoms with Gasteiger partial charge in [-0.3, -0.25) is 14.5 Å². The van der Waals surface area contributed by atoms with E-state index < -0.39 is 17.7 Å². The summed E-state index contributed by atoms with van der Waals surface area (Å²) < 4.78 is 12.1. The Morgan fingerprint density at radius 3 is 2.34 bits per heavy atom. The number of hydrogen-bond donors (Lipinski definition) is 1. The molecule has 1 N–H and O–H groups in total. The van der Waals surface area contributed by atoms with Gasteiger partial charge in [-0.1, -0.05) is 36.5 Å². The number of amides is 1. The third kappa shape index (κ3) is 4.75. The molecule has 0 aliphatic carbocycles. The lowest BCUT2D eigenvalue weighted by Crippen LogP contribution is -2.29. The van der Waals surface area contributed by atoms with Gasteiger partial charge in [-0.05, 0) is 79.9 Å². The van der Waals surface area contributed by atoms with Crippen LogP contribution in [0, 0.1) is 6.92 Å². The third-order valence-corrected chi connectivity index (χ3v) is 7.31. The van der Waals surface area contributed by atoms with E-state index in [1.54, 1.807) is 48.5 Å². The normalized spacial score (nSPS) is 16.8. The van der Waals surface area contributed by atoms with Gasteiger partial charge in [0.05, 0.1) is 35.0 Å². The summed E-state index contributed by atoms with van der Waals surface area (Å²) in [4.78, 5) is 33.0. The van der Waals surface area contributed by atoms with Crippen molar-refractivity contribution in [2.45, 2.75) is 33.2 Å². The molecular weight excluding hydrogens is 500 g/mol. The number of aliphatic hydroxyl groups excluding tert-OH is 1. The number of nitrogens with zero attached hydrogens (tertiary/aromatic N) is 2. The lowest BCUT2D eigenvalue weighted by Gasteiger charge is -2.23. The second-order valence-corrected chi connectivity index (χ2v) is 10.0. The van der Waals surface area contributed by atoms with E-state index in [0.717, 1.165) is 22.2 Å². The molecule has 0 bridgehead atoms. The van der Waals surface area contributed by atoms with E-state index in [4.69, 9.17) is 9.47 Å². The zero-order chi connectivity index (χ0) is 26.8. The number of carbonyl (C=O) groups is 2. The predicted molar refractivity (Wildman–Crippen MR) is 149 cm³/mol. The number of rotatable bonds is 8. The van der Waals surface area contributed by atoms with Crippen LogP contribution in [0.2, 0.25) is 0 Å². The monoisotopic (exact) mass is 528 g/mol. The summed E-state index contributed by atoms with van der Waals surface area (Å²) in [5, 5.41) is 11.8. The summed E-state index contributed by atoms with van der Waals surface area (Å²) in [6, 6.07) is 19.0. The Morgan fingerprint density at radius 1 is 0.974 bits per heavy atom. The average Bonchev–Trinajstić information content (AvgIpc) is 3.45. The lowest BCUT2D eigenvalue weighted by atomic mass is 9.95. The molecule has 1 unspecified atom stereocenters. The number of aromatic nitrogens is 1. The van der Waals surface area contributed by atoms with Gasteiger partial charge in [-0.2, -0.15) is 0 Å². The first-order valence-corrected chi connectivity index (χ1v) is 13.4. The minimum atomic E-state index is -0.858. The highest BCUT2D eigenvalue weighted by Crippen LogP contribution is 2.44. The molecule has 1 aromatic heterocycles. The highest BCUT2D eigenvalue weighted by atomic mass is 32.1. The molecule has 1 atom stereocenters. The Labute approximate surface area is 225 Å². The second kappa shape index (κ2) is 10.7. The van der Waals surface area contributed by atoms with E-state index in [1.165, 1.54) is 16.2 Å². The van der Waals surface area contributed by atoms with Crippen LogP contribution in [-0.4, -0.2) is 35.0 Å². The van der Waals surface area contributed by atoms with Crippen LogP contribution >= 0.6 is 11.3 Å². The number of fused-ring (bicyclic) bond motifs is 1. The highest BCUT2D eigenvalue weighted by molar-refractivity contribution is 7.22. The molecule has 1 saturated heterocycles. The van der Waals surface area contributed by atoms with Gasteiger partial charge in [-0.25, -0.2) is 4.98 Å². The minimum Gasteiger partial charge on any atom is -0.507 e. The van der Waals surface area contributed by atoms with Crippen LogP contribution in [0.3, 0.4) is 0 Å². The number of aliphatic hydroxyl groups is 1. The zero-order valence-corrected chi connectivity index (χ0v) is 22.2. The van der Waals surface area contributed by atoms with Crippen LogP contribution in [0.15, 0.2) is 72.3 Å². The van der Waals surface area contributed by atoms with Gasteiger partial charge in [0, 0.05) is 5.56 Å². The van der Waals surface area contributed by atoms with Crippen LogP contribution in [0.1, 0.15) is 43.0 Å². The van der Waals surface area contributed by atoms with Crippen LogP contribution in [0.5, 0.6) is 11.5 Å². The molecular formula is C30H28N2O5S. The first-order valence-electron chi connectivity index (χ1n) is 12.6. The van der Waals surface area contributed by atoms with E-state index in [9.17, 15) is 14.7 Å². The van der Waals surface area contributed by atoms with E-state index in [2.05, 4.69) is 4.98 Å². The molecule has 1 fully saturated rings. The molecule has 5 rings (SSSR count). The number of carbonyl (C=O) groups excluding carboxylic acids is 2. The van der Waals surface area contributed by atoms with Crippen molar-refractivity contribution in [3.63, 3.8) is 0 Å². The molecule has 194 valence electrons. The number of ketones is 1. The number of anilines is 1. The number of thiazole rings is 1. The zero-order valence-electron chi connectivity index (χ0n) is 21.4. The SMILES string of the molecule is CCCOc1ccc(/C(O)=C2\C(=O)C(=O)N(c3nc4ccc(C)cc4s3)C2c2ccc(OCC)cc2)cc1. The number of hydrogen-bond acceptors (Lipinski definition) is 7. The summed E-state index contributed by atoms with van der Waals surface area (Å²) in [7, 11) is 0. The van der Waals surface area contributed by atoms with Crippen molar-refractivity contribution in [3.8, 4) is 11.5 Å². The van der Waals surface area contributed by atoms with Gasteiger partial charge >= 0.3 is 5.91 Å². The predicted octanol–water partition coefficient (Wildman–Crippen LogP) is 6.42. The summed E-state index contributed by atoms with van der Waals surface area (Å²) in [6.45, 7) is 7.00. The molecule has 2 heterocycles. The van der Waals surface area contributed by atoms with E-state index in [0.29, 0.717) is 41.0 Å². The summed E-state index contributed by atoms with van der Waals surface area (Å²) in [6.07, 6.45) is 0.874. The van der Waals surface area contributed by atoms with E-state index >= 15 is 0 Å². The summed E-state index contributed by atoms with van der Waals surface area (Å²) >= 11 is 1.34. The topological polar surface area (TPSA) is 89.0 Å². The standard InChI is InChI=1S/C30H28N2O5S/c1-4-16-37-22-13-9-20(10-14-22)27(33)25-26(19-7-11-21(12-8-19)36-5-2)32(29(35)28(25)34)30-31-23-15-6-18(3)17-24(23)38-30/h6-15,17,26,33H,4-5,16H2,1-3H3/b27-25+. The smallest absolute Gasteiger partial charge is 0.301 e. The fourth-order valence-corrected chi connectivity index (χ4v) is 5.56.